The molecule has 1 aliphatic rings. The molecular weight excluding hydrogens is 359 g/mol. The Hall–Kier alpha value is -0.910. The van der Waals surface area contributed by atoms with Crippen molar-refractivity contribution in [1.29, 1.82) is 0 Å². The second kappa shape index (κ2) is 6.70. The van der Waals surface area contributed by atoms with Gasteiger partial charge in [-0.15, -0.1) is 0 Å². The molecule has 0 spiro atoms. The van der Waals surface area contributed by atoms with Gasteiger partial charge in [-0.1, -0.05) is 42.5 Å². The maximum Gasteiger partial charge on any atom is 0.0602 e. The van der Waals surface area contributed by atoms with E-state index < -0.39 is 0 Å². The molecule has 0 bridgehead atoms. The summed E-state index contributed by atoms with van der Waals surface area (Å²) in [6.07, 6.45) is 0. The van der Waals surface area contributed by atoms with Crippen LogP contribution in [0.1, 0.15) is 17.2 Å². The molecule has 2 aromatic carbocycles. The zero-order valence-corrected chi connectivity index (χ0v) is 13.6. The Kier molecular flexibility index (Phi) is 4.70. The smallest absolute Gasteiger partial charge is 0.0602 e. The van der Waals surface area contributed by atoms with Crippen LogP contribution in [-0.4, -0.2) is 31.1 Å². The molecule has 0 amide bonds. The fourth-order valence-electron chi connectivity index (χ4n) is 2.83. The molecule has 1 heterocycles. The Labute approximate surface area is 134 Å². The summed E-state index contributed by atoms with van der Waals surface area (Å²) in [5.74, 6) is 0. The van der Waals surface area contributed by atoms with Crippen LogP contribution in [-0.2, 0) is 0 Å². The molecule has 0 saturated carbocycles. The third kappa shape index (κ3) is 3.22. The molecule has 1 N–H and O–H groups in total. The van der Waals surface area contributed by atoms with Crippen LogP contribution in [0.5, 0.6) is 0 Å². The van der Waals surface area contributed by atoms with Crippen LogP contribution in [0.3, 0.4) is 0 Å². The first kappa shape index (κ1) is 14.0. The molecule has 1 fully saturated rings. The zero-order chi connectivity index (χ0) is 13.8. The lowest BCUT2D eigenvalue weighted by molar-refractivity contribution is 0.198. The van der Waals surface area contributed by atoms with Crippen LogP contribution in [0, 0.1) is 3.57 Å². The molecule has 3 rings (SSSR count). The van der Waals surface area contributed by atoms with Crippen LogP contribution < -0.4 is 5.32 Å². The van der Waals surface area contributed by atoms with Crippen molar-refractivity contribution in [1.82, 2.24) is 10.2 Å². The number of hydrogen-bond donors (Lipinski definition) is 1. The second-order valence-electron chi connectivity index (χ2n) is 5.15. The average Bonchev–Trinajstić information content (AvgIpc) is 2.52. The van der Waals surface area contributed by atoms with E-state index in [1.807, 2.05) is 0 Å². The lowest BCUT2D eigenvalue weighted by Gasteiger charge is -2.35. The third-order valence-electron chi connectivity index (χ3n) is 3.82. The molecule has 104 valence electrons. The Bertz CT molecular complexity index is 533. The van der Waals surface area contributed by atoms with Gasteiger partial charge in [0.05, 0.1) is 6.04 Å². The molecule has 1 aliphatic heterocycles. The third-order valence-corrected chi connectivity index (χ3v) is 4.54. The number of piperazine rings is 1. The van der Waals surface area contributed by atoms with Gasteiger partial charge in [-0.3, -0.25) is 4.90 Å². The Morgan fingerprint density at radius 3 is 2.10 bits per heavy atom. The summed E-state index contributed by atoms with van der Waals surface area (Å²) in [6, 6.07) is 20.1. The van der Waals surface area contributed by atoms with Gasteiger partial charge in [-0.2, -0.15) is 0 Å². The highest BCUT2D eigenvalue weighted by molar-refractivity contribution is 14.1. The zero-order valence-electron chi connectivity index (χ0n) is 11.4. The summed E-state index contributed by atoms with van der Waals surface area (Å²) in [5.41, 5.74) is 2.77. The summed E-state index contributed by atoms with van der Waals surface area (Å²) in [6.45, 7) is 4.36. The summed E-state index contributed by atoms with van der Waals surface area (Å²) in [4.78, 5) is 2.58. The highest BCUT2D eigenvalue weighted by atomic mass is 127. The first-order valence-corrected chi connectivity index (χ1v) is 8.17. The van der Waals surface area contributed by atoms with Crippen LogP contribution >= 0.6 is 22.6 Å². The number of rotatable bonds is 3. The average molecular weight is 378 g/mol. The van der Waals surface area contributed by atoms with Gasteiger partial charge in [0.15, 0.2) is 0 Å². The van der Waals surface area contributed by atoms with E-state index in [1.54, 1.807) is 0 Å². The van der Waals surface area contributed by atoms with E-state index in [0.717, 1.165) is 26.2 Å². The molecule has 0 aliphatic carbocycles. The van der Waals surface area contributed by atoms with Crippen molar-refractivity contribution in [2.75, 3.05) is 26.2 Å². The van der Waals surface area contributed by atoms with Gasteiger partial charge in [0.2, 0.25) is 0 Å². The second-order valence-corrected chi connectivity index (χ2v) is 6.40. The SMILES string of the molecule is Ic1ccc(C(c2ccccc2)N2CCNCC2)cc1. The summed E-state index contributed by atoms with van der Waals surface area (Å²) in [7, 11) is 0. The summed E-state index contributed by atoms with van der Waals surface area (Å²) >= 11 is 2.37. The predicted octanol–water partition coefficient (Wildman–Crippen LogP) is 3.29. The number of benzene rings is 2. The molecule has 1 atom stereocenters. The van der Waals surface area contributed by atoms with Gasteiger partial charge in [-0.25, -0.2) is 0 Å². The minimum absolute atomic E-state index is 0.371. The fourth-order valence-corrected chi connectivity index (χ4v) is 3.19. The van der Waals surface area contributed by atoms with Crippen LogP contribution in [0.25, 0.3) is 0 Å². The first-order valence-electron chi connectivity index (χ1n) is 7.10. The van der Waals surface area contributed by atoms with E-state index in [2.05, 4.69) is 87.4 Å². The lowest BCUT2D eigenvalue weighted by atomic mass is 9.96. The quantitative estimate of drug-likeness (QED) is 0.825. The standard InChI is InChI=1S/C17H19IN2/c18-16-8-6-15(7-9-16)17(14-4-2-1-3-5-14)20-12-10-19-11-13-20/h1-9,17,19H,10-13H2. The molecule has 0 aromatic heterocycles. The van der Waals surface area contributed by atoms with Crippen molar-refractivity contribution in [2.45, 2.75) is 6.04 Å². The van der Waals surface area contributed by atoms with E-state index in [0.29, 0.717) is 6.04 Å². The van der Waals surface area contributed by atoms with Gasteiger partial charge < -0.3 is 5.32 Å². The Morgan fingerprint density at radius 1 is 0.850 bits per heavy atom. The van der Waals surface area contributed by atoms with Crippen molar-refractivity contribution in [3.63, 3.8) is 0 Å². The first-order chi connectivity index (χ1) is 9.84. The highest BCUT2D eigenvalue weighted by Gasteiger charge is 2.23. The molecular formula is C17H19IN2. The number of hydrogen-bond acceptors (Lipinski definition) is 2. The normalized spacial score (nSPS) is 17.9. The van der Waals surface area contributed by atoms with E-state index >= 15 is 0 Å². The van der Waals surface area contributed by atoms with E-state index in [9.17, 15) is 0 Å². The van der Waals surface area contributed by atoms with Gasteiger partial charge in [-0.05, 0) is 45.9 Å². The van der Waals surface area contributed by atoms with Crippen LogP contribution in [0.15, 0.2) is 54.6 Å². The highest BCUT2D eigenvalue weighted by Crippen LogP contribution is 2.29. The molecule has 20 heavy (non-hydrogen) atoms. The Balaban J connectivity index is 1.96. The van der Waals surface area contributed by atoms with Gasteiger partial charge in [0.1, 0.15) is 0 Å². The van der Waals surface area contributed by atoms with Crippen LogP contribution in [0.2, 0.25) is 0 Å². The van der Waals surface area contributed by atoms with Crippen molar-refractivity contribution >= 4 is 22.6 Å². The molecule has 1 unspecified atom stereocenters. The maximum absolute atomic E-state index is 3.44. The monoisotopic (exact) mass is 378 g/mol. The minimum atomic E-state index is 0.371. The minimum Gasteiger partial charge on any atom is -0.314 e. The van der Waals surface area contributed by atoms with E-state index in [1.165, 1.54) is 14.7 Å². The number of nitrogens with one attached hydrogen (secondary N) is 1. The predicted molar refractivity (Wildman–Crippen MR) is 91.9 cm³/mol. The van der Waals surface area contributed by atoms with Crippen molar-refractivity contribution in [2.24, 2.45) is 0 Å². The van der Waals surface area contributed by atoms with Gasteiger partial charge >= 0.3 is 0 Å². The van der Waals surface area contributed by atoms with Gasteiger partial charge in [0.25, 0.3) is 0 Å². The van der Waals surface area contributed by atoms with E-state index in [4.69, 9.17) is 0 Å². The lowest BCUT2D eigenvalue weighted by Crippen LogP contribution is -2.45. The van der Waals surface area contributed by atoms with Crippen molar-refractivity contribution in [3.8, 4) is 0 Å². The number of halogens is 1. The molecule has 2 nitrogen and oxygen atoms in total. The fraction of sp³-hybridized carbons (Fsp3) is 0.294. The molecule has 1 saturated heterocycles. The number of nitrogens with zero attached hydrogens (tertiary/aromatic N) is 1. The molecule has 3 heteroatoms. The summed E-state index contributed by atoms with van der Waals surface area (Å²) in [5, 5.41) is 3.44. The van der Waals surface area contributed by atoms with Crippen molar-refractivity contribution in [3.05, 3.63) is 69.3 Å². The van der Waals surface area contributed by atoms with Crippen molar-refractivity contribution < 1.29 is 0 Å². The maximum atomic E-state index is 3.44. The topological polar surface area (TPSA) is 15.3 Å². The largest absolute Gasteiger partial charge is 0.314 e. The Morgan fingerprint density at radius 2 is 1.45 bits per heavy atom. The van der Waals surface area contributed by atoms with Gasteiger partial charge in [0, 0.05) is 29.7 Å². The van der Waals surface area contributed by atoms with E-state index in [-0.39, 0.29) is 0 Å². The molecule has 0 radical (unpaired) electrons. The molecule has 2 aromatic rings. The van der Waals surface area contributed by atoms with Crippen LogP contribution in [0.4, 0.5) is 0 Å². The summed E-state index contributed by atoms with van der Waals surface area (Å²) < 4.78 is 1.29.